The smallest absolute Gasteiger partial charge is 0.333 e. The van der Waals surface area contributed by atoms with Crippen LogP contribution in [0.2, 0.25) is 0 Å². The van der Waals surface area contributed by atoms with Gasteiger partial charge in [0.15, 0.2) is 0 Å². The molecule has 0 amide bonds. The van der Waals surface area contributed by atoms with E-state index in [0.717, 1.165) is 31.3 Å². The van der Waals surface area contributed by atoms with Gasteiger partial charge in [-0.2, -0.15) is 0 Å². The standard InChI is InChI=1S/C19H30O4/c1-4-13(2)16(6-5-14-8-10-23-18(14)22)19(3)9-7-17(21)15(11-19)12-20/h5,15-17,20-21H,2,4,6-12H2,1,3H3/b14-5+. The molecular formula is C19H30O4. The Kier molecular flexibility index (Phi) is 6.04. The molecule has 1 aliphatic carbocycles. The van der Waals surface area contributed by atoms with Gasteiger partial charge in [0.1, 0.15) is 0 Å². The van der Waals surface area contributed by atoms with E-state index >= 15 is 0 Å². The van der Waals surface area contributed by atoms with Crippen LogP contribution in [-0.4, -0.2) is 35.5 Å². The third kappa shape index (κ3) is 4.04. The molecule has 4 nitrogen and oxygen atoms in total. The molecule has 0 aromatic carbocycles. The lowest BCUT2D eigenvalue weighted by molar-refractivity contribution is -0.135. The molecule has 0 spiro atoms. The molecule has 1 aliphatic heterocycles. The quantitative estimate of drug-likeness (QED) is 0.448. The van der Waals surface area contributed by atoms with E-state index in [2.05, 4.69) is 20.4 Å². The summed E-state index contributed by atoms with van der Waals surface area (Å²) >= 11 is 0. The number of esters is 1. The summed E-state index contributed by atoms with van der Waals surface area (Å²) < 4.78 is 5.01. The van der Waals surface area contributed by atoms with Crippen molar-refractivity contribution in [2.75, 3.05) is 13.2 Å². The second kappa shape index (κ2) is 7.63. The molecule has 2 N–H and O–H groups in total. The summed E-state index contributed by atoms with van der Waals surface area (Å²) in [4.78, 5) is 11.6. The van der Waals surface area contributed by atoms with Gasteiger partial charge < -0.3 is 14.9 Å². The van der Waals surface area contributed by atoms with E-state index in [4.69, 9.17) is 4.74 Å². The van der Waals surface area contributed by atoms with Crippen molar-refractivity contribution in [2.24, 2.45) is 17.3 Å². The maximum Gasteiger partial charge on any atom is 0.333 e. The Morgan fingerprint density at radius 1 is 1.57 bits per heavy atom. The van der Waals surface area contributed by atoms with Gasteiger partial charge in [-0.3, -0.25) is 0 Å². The third-order valence-corrected chi connectivity index (χ3v) is 5.77. The van der Waals surface area contributed by atoms with E-state index in [0.29, 0.717) is 19.4 Å². The summed E-state index contributed by atoms with van der Waals surface area (Å²) in [5.41, 5.74) is 1.96. The monoisotopic (exact) mass is 322 g/mol. The number of hydrogen-bond donors (Lipinski definition) is 2. The van der Waals surface area contributed by atoms with Crippen molar-refractivity contribution < 1.29 is 19.7 Å². The first-order chi connectivity index (χ1) is 10.9. The highest BCUT2D eigenvalue weighted by molar-refractivity contribution is 5.90. The molecule has 0 bridgehead atoms. The predicted molar refractivity (Wildman–Crippen MR) is 89.7 cm³/mol. The summed E-state index contributed by atoms with van der Waals surface area (Å²) in [5.74, 6) is 0.00303. The first kappa shape index (κ1) is 18.2. The molecule has 4 atom stereocenters. The summed E-state index contributed by atoms with van der Waals surface area (Å²) in [6, 6.07) is 0. The van der Waals surface area contributed by atoms with Gasteiger partial charge in [-0.15, -0.1) is 0 Å². The summed E-state index contributed by atoms with van der Waals surface area (Å²) in [6.45, 7) is 9.11. The lowest BCUT2D eigenvalue weighted by Crippen LogP contribution is -2.41. The Bertz CT molecular complexity index is 482. The Hall–Kier alpha value is -1.13. The number of ether oxygens (including phenoxy) is 1. The molecule has 1 saturated carbocycles. The lowest BCUT2D eigenvalue weighted by Gasteiger charge is -2.46. The number of cyclic esters (lactones) is 1. The van der Waals surface area contributed by atoms with Crippen molar-refractivity contribution >= 4 is 5.97 Å². The number of aliphatic hydroxyl groups is 2. The molecule has 4 unspecified atom stereocenters. The molecule has 0 aromatic rings. The van der Waals surface area contributed by atoms with Crippen molar-refractivity contribution in [2.45, 2.75) is 58.5 Å². The van der Waals surface area contributed by atoms with Crippen LogP contribution in [0.5, 0.6) is 0 Å². The van der Waals surface area contributed by atoms with Crippen molar-refractivity contribution in [1.82, 2.24) is 0 Å². The van der Waals surface area contributed by atoms with Gasteiger partial charge in [-0.25, -0.2) is 4.79 Å². The first-order valence-corrected chi connectivity index (χ1v) is 8.74. The zero-order chi connectivity index (χ0) is 17.0. The number of rotatable bonds is 6. The molecular weight excluding hydrogens is 292 g/mol. The molecule has 2 rings (SSSR count). The number of hydrogen-bond acceptors (Lipinski definition) is 4. The highest BCUT2D eigenvalue weighted by Crippen LogP contribution is 2.49. The van der Waals surface area contributed by atoms with Crippen LogP contribution in [0.3, 0.4) is 0 Å². The van der Waals surface area contributed by atoms with Crippen LogP contribution in [0.4, 0.5) is 0 Å². The van der Waals surface area contributed by atoms with Crippen LogP contribution in [0.1, 0.15) is 52.4 Å². The number of carbonyl (C=O) groups is 1. The minimum absolute atomic E-state index is 0.000705. The van der Waals surface area contributed by atoms with Crippen LogP contribution in [0.15, 0.2) is 23.8 Å². The summed E-state index contributed by atoms with van der Waals surface area (Å²) in [5, 5.41) is 19.6. The average Bonchev–Trinajstić information content (AvgIpc) is 2.95. The molecule has 1 saturated heterocycles. The van der Waals surface area contributed by atoms with E-state index in [1.807, 2.05) is 6.08 Å². The Balaban J connectivity index is 2.17. The van der Waals surface area contributed by atoms with E-state index < -0.39 is 6.10 Å². The fourth-order valence-corrected chi connectivity index (χ4v) is 4.14. The Morgan fingerprint density at radius 2 is 2.30 bits per heavy atom. The maximum atomic E-state index is 11.6. The molecule has 1 heterocycles. The molecule has 0 aromatic heterocycles. The van der Waals surface area contributed by atoms with Gasteiger partial charge in [0, 0.05) is 24.5 Å². The molecule has 4 heteroatoms. The van der Waals surface area contributed by atoms with Gasteiger partial charge in [0.2, 0.25) is 0 Å². The van der Waals surface area contributed by atoms with Gasteiger partial charge in [-0.05, 0) is 43.4 Å². The minimum Gasteiger partial charge on any atom is -0.462 e. The van der Waals surface area contributed by atoms with Gasteiger partial charge in [0.05, 0.1) is 12.7 Å². The predicted octanol–water partition coefficient (Wildman–Crippen LogP) is 2.99. The second-order valence-corrected chi connectivity index (χ2v) is 7.32. The van der Waals surface area contributed by atoms with Crippen molar-refractivity contribution in [3.8, 4) is 0 Å². The first-order valence-electron chi connectivity index (χ1n) is 8.74. The van der Waals surface area contributed by atoms with Gasteiger partial charge in [-0.1, -0.05) is 32.1 Å². The van der Waals surface area contributed by atoms with Gasteiger partial charge >= 0.3 is 5.97 Å². The number of carbonyl (C=O) groups excluding carboxylic acids is 1. The highest BCUT2D eigenvalue weighted by Gasteiger charge is 2.42. The third-order valence-electron chi connectivity index (χ3n) is 5.77. The lowest BCUT2D eigenvalue weighted by atomic mass is 9.60. The second-order valence-electron chi connectivity index (χ2n) is 7.32. The molecule has 0 radical (unpaired) electrons. The van der Waals surface area contributed by atoms with E-state index in [-0.39, 0.29) is 29.8 Å². The van der Waals surface area contributed by atoms with E-state index in [9.17, 15) is 15.0 Å². The Morgan fingerprint density at radius 3 is 2.87 bits per heavy atom. The number of allylic oxidation sites excluding steroid dienone is 2. The average molecular weight is 322 g/mol. The van der Waals surface area contributed by atoms with E-state index in [1.54, 1.807) is 0 Å². The largest absolute Gasteiger partial charge is 0.462 e. The van der Waals surface area contributed by atoms with Crippen LogP contribution in [0.25, 0.3) is 0 Å². The summed E-state index contributed by atoms with van der Waals surface area (Å²) in [7, 11) is 0. The van der Waals surface area contributed by atoms with E-state index in [1.165, 1.54) is 5.57 Å². The molecule has 2 fully saturated rings. The van der Waals surface area contributed by atoms with Crippen LogP contribution < -0.4 is 0 Å². The molecule has 130 valence electrons. The van der Waals surface area contributed by atoms with Crippen molar-refractivity contribution in [3.63, 3.8) is 0 Å². The highest BCUT2D eigenvalue weighted by atomic mass is 16.5. The SMILES string of the molecule is C=C(CC)C(C/C=C1\CCOC1=O)C1(C)CCC(O)C(CO)C1. The maximum absolute atomic E-state index is 11.6. The molecule has 23 heavy (non-hydrogen) atoms. The van der Waals surface area contributed by atoms with Crippen LogP contribution in [0, 0.1) is 17.3 Å². The number of aliphatic hydroxyl groups excluding tert-OH is 2. The normalized spacial score (nSPS) is 34.4. The van der Waals surface area contributed by atoms with Gasteiger partial charge in [0.25, 0.3) is 0 Å². The van der Waals surface area contributed by atoms with Crippen molar-refractivity contribution in [3.05, 3.63) is 23.8 Å². The zero-order valence-electron chi connectivity index (χ0n) is 14.4. The zero-order valence-corrected chi connectivity index (χ0v) is 14.4. The van der Waals surface area contributed by atoms with Crippen molar-refractivity contribution in [1.29, 1.82) is 0 Å². The fourth-order valence-electron chi connectivity index (χ4n) is 4.14. The minimum atomic E-state index is -0.410. The van der Waals surface area contributed by atoms with Crippen LogP contribution in [-0.2, 0) is 9.53 Å². The fraction of sp³-hybridized carbons (Fsp3) is 0.737. The Labute approximate surface area is 139 Å². The summed E-state index contributed by atoms with van der Waals surface area (Å²) in [6.07, 6.45) is 6.41. The topological polar surface area (TPSA) is 66.8 Å². The van der Waals surface area contributed by atoms with Crippen LogP contribution >= 0.6 is 0 Å². The molecule has 2 aliphatic rings.